The Morgan fingerprint density at radius 3 is 2.24 bits per heavy atom. The van der Waals surface area contributed by atoms with Gasteiger partial charge in [-0.3, -0.25) is 14.9 Å². The van der Waals surface area contributed by atoms with Gasteiger partial charge in [-0.25, -0.2) is 9.69 Å². The Balaban J connectivity index is 1.56. The highest BCUT2D eigenvalue weighted by Gasteiger charge is 2.37. The fourth-order valence-corrected chi connectivity index (χ4v) is 4.39. The summed E-state index contributed by atoms with van der Waals surface area (Å²) in [6.45, 7) is 6.94. The summed E-state index contributed by atoms with van der Waals surface area (Å²) in [5.74, 6) is 0.0480. The van der Waals surface area contributed by atoms with Crippen molar-refractivity contribution in [3.63, 3.8) is 0 Å². The summed E-state index contributed by atoms with van der Waals surface area (Å²) in [4.78, 5) is 39.5. The molecule has 1 heterocycles. The molecule has 9 heteroatoms. The number of nitrogens with zero attached hydrogens (tertiary/aromatic N) is 1. The second-order valence-corrected chi connectivity index (χ2v) is 9.28. The molecule has 0 atom stereocenters. The van der Waals surface area contributed by atoms with Crippen LogP contribution in [0.25, 0.3) is 6.08 Å². The molecule has 3 aromatic carbocycles. The maximum Gasteiger partial charge on any atom is 0.335 e. The zero-order valence-corrected chi connectivity index (χ0v) is 22.8. The van der Waals surface area contributed by atoms with Gasteiger partial charge in [0.2, 0.25) is 0 Å². The van der Waals surface area contributed by atoms with Gasteiger partial charge in [0.15, 0.2) is 11.5 Å². The largest absolute Gasteiger partial charge is 0.490 e. The monoisotopic (exact) mass is 578 g/mol. The van der Waals surface area contributed by atoms with Crippen LogP contribution in [0.5, 0.6) is 17.2 Å². The topological polar surface area (TPSA) is 94.2 Å². The smallest absolute Gasteiger partial charge is 0.335 e. The number of carbonyl (C=O) groups excluding carboxylic acids is 3. The lowest BCUT2D eigenvalue weighted by Gasteiger charge is -2.26. The number of amides is 4. The lowest BCUT2D eigenvalue weighted by molar-refractivity contribution is -0.122. The van der Waals surface area contributed by atoms with Gasteiger partial charge in [0.1, 0.15) is 17.9 Å². The maximum atomic E-state index is 13.3. The minimum atomic E-state index is -0.826. The second kappa shape index (κ2) is 12.0. The van der Waals surface area contributed by atoms with Gasteiger partial charge in [-0.2, -0.15) is 0 Å². The Morgan fingerprint density at radius 2 is 1.58 bits per heavy atom. The molecule has 3 aromatic rings. The molecule has 4 amide bonds. The van der Waals surface area contributed by atoms with Crippen molar-refractivity contribution in [3.05, 3.63) is 87.4 Å². The number of imide groups is 2. The van der Waals surface area contributed by atoms with E-state index >= 15 is 0 Å². The quantitative estimate of drug-likeness (QED) is 0.255. The molecule has 1 N–H and O–H groups in total. The Bertz CT molecular complexity index is 1380. The molecule has 1 fully saturated rings. The van der Waals surface area contributed by atoms with E-state index in [1.54, 1.807) is 36.4 Å². The minimum Gasteiger partial charge on any atom is -0.490 e. The average Bonchev–Trinajstić information content (AvgIpc) is 2.89. The molecule has 0 unspecified atom stereocenters. The van der Waals surface area contributed by atoms with Crippen molar-refractivity contribution in [3.8, 4) is 17.2 Å². The van der Waals surface area contributed by atoms with Crippen LogP contribution in [0.15, 0.2) is 70.7 Å². The summed E-state index contributed by atoms with van der Waals surface area (Å²) in [5, 5.41) is 2.24. The third-order valence-electron chi connectivity index (χ3n) is 5.65. The number of rotatable bonds is 9. The van der Waals surface area contributed by atoms with Crippen LogP contribution >= 0.6 is 15.9 Å². The van der Waals surface area contributed by atoms with E-state index in [0.29, 0.717) is 52.8 Å². The first kappa shape index (κ1) is 26.9. The van der Waals surface area contributed by atoms with E-state index in [9.17, 15) is 14.4 Å². The highest BCUT2D eigenvalue weighted by molar-refractivity contribution is 9.10. The Kier molecular flexibility index (Phi) is 8.48. The lowest BCUT2D eigenvalue weighted by atomic mass is 10.1. The summed E-state index contributed by atoms with van der Waals surface area (Å²) in [5.41, 5.74) is 2.82. The Labute approximate surface area is 229 Å². The van der Waals surface area contributed by atoms with Crippen molar-refractivity contribution in [1.82, 2.24) is 5.32 Å². The van der Waals surface area contributed by atoms with Crippen LogP contribution in [-0.4, -0.2) is 31.1 Å². The van der Waals surface area contributed by atoms with Crippen LogP contribution in [0.2, 0.25) is 0 Å². The molecule has 0 aromatic heterocycles. The van der Waals surface area contributed by atoms with Gasteiger partial charge < -0.3 is 14.2 Å². The Morgan fingerprint density at radius 1 is 0.895 bits per heavy atom. The van der Waals surface area contributed by atoms with Crippen LogP contribution in [0.4, 0.5) is 10.5 Å². The minimum absolute atomic E-state index is 0.192. The summed E-state index contributed by atoms with van der Waals surface area (Å²) in [7, 11) is 0. The predicted molar refractivity (Wildman–Crippen MR) is 147 cm³/mol. The number of benzene rings is 3. The molecule has 0 radical (unpaired) electrons. The lowest BCUT2D eigenvalue weighted by Crippen LogP contribution is -2.54. The van der Waals surface area contributed by atoms with Gasteiger partial charge in [-0.1, -0.05) is 29.8 Å². The van der Waals surface area contributed by atoms with Gasteiger partial charge in [0.05, 0.1) is 23.4 Å². The SMILES string of the molecule is CCOc1cc(/C=C2\C(=O)NC(=O)N(c3ccc(OCc4ccc(C)cc4)cc3)C2=O)cc(Br)c1OCC. The Hall–Kier alpha value is -4.11. The highest BCUT2D eigenvalue weighted by atomic mass is 79.9. The number of nitrogens with one attached hydrogen (secondary N) is 1. The van der Waals surface area contributed by atoms with Crippen LogP contribution in [0, 0.1) is 6.92 Å². The van der Waals surface area contributed by atoms with E-state index in [0.717, 1.165) is 10.5 Å². The number of aryl methyl sites for hydroxylation is 1. The molecule has 1 saturated heterocycles. The maximum absolute atomic E-state index is 13.3. The summed E-state index contributed by atoms with van der Waals surface area (Å²) >= 11 is 3.46. The number of barbiturate groups is 1. The molecule has 0 spiro atoms. The van der Waals surface area contributed by atoms with E-state index in [-0.39, 0.29) is 5.57 Å². The molecular formula is C29H27BrN2O6. The third kappa shape index (κ3) is 6.06. The van der Waals surface area contributed by atoms with Gasteiger partial charge in [0, 0.05) is 0 Å². The molecule has 4 rings (SSSR count). The number of hydrogen-bond acceptors (Lipinski definition) is 6. The average molecular weight is 579 g/mol. The molecular weight excluding hydrogens is 552 g/mol. The molecule has 0 bridgehead atoms. The van der Waals surface area contributed by atoms with Crippen molar-refractivity contribution in [1.29, 1.82) is 0 Å². The zero-order valence-electron chi connectivity index (χ0n) is 21.2. The molecule has 0 aliphatic carbocycles. The third-order valence-corrected chi connectivity index (χ3v) is 6.24. The fourth-order valence-electron chi connectivity index (χ4n) is 3.82. The molecule has 38 heavy (non-hydrogen) atoms. The normalized spacial score (nSPS) is 14.5. The number of anilines is 1. The van der Waals surface area contributed by atoms with Crippen molar-refractivity contribution < 1.29 is 28.6 Å². The van der Waals surface area contributed by atoms with E-state index in [1.807, 2.05) is 45.0 Å². The van der Waals surface area contributed by atoms with Crippen molar-refractivity contribution >= 4 is 45.5 Å². The highest BCUT2D eigenvalue weighted by Crippen LogP contribution is 2.38. The van der Waals surface area contributed by atoms with Crippen LogP contribution in [0.3, 0.4) is 0 Å². The fraction of sp³-hybridized carbons (Fsp3) is 0.207. The first-order valence-corrected chi connectivity index (χ1v) is 12.9. The van der Waals surface area contributed by atoms with Crippen molar-refractivity contribution in [2.24, 2.45) is 0 Å². The van der Waals surface area contributed by atoms with Crippen LogP contribution < -0.4 is 24.4 Å². The predicted octanol–water partition coefficient (Wildman–Crippen LogP) is 5.80. The number of urea groups is 1. The van der Waals surface area contributed by atoms with E-state index in [4.69, 9.17) is 14.2 Å². The van der Waals surface area contributed by atoms with E-state index in [1.165, 1.54) is 11.6 Å². The summed E-state index contributed by atoms with van der Waals surface area (Å²) < 4.78 is 17.8. The molecule has 8 nitrogen and oxygen atoms in total. The van der Waals surface area contributed by atoms with Crippen molar-refractivity contribution in [2.45, 2.75) is 27.4 Å². The van der Waals surface area contributed by atoms with Crippen molar-refractivity contribution in [2.75, 3.05) is 18.1 Å². The first-order valence-electron chi connectivity index (χ1n) is 12.1. The molecule has 1 aliphatic heterocycles. The number of hydrogen-bond donors (Lipinski definition) is 1. The van der Waals surface area contributed by atoms with Crippen LogP contribution in [0.1, 0.15) is 30.5 Å². The standard InChI is InChI=1S/C29H27BrN2O6/c1-4-36-25-16-20(15-24(30)26(25)37-5-2)14-23-27(33)31-29(35)32(28(23)34)21-10-12-22(13-11-21)38-17-19-8-6-18(3)7-9-19/h6-16H,4-5,17H2,1-3H3,(H,31,33,35)/b23-14+. The number of carbonyl (C=O) groups is 3. The summed E-state index contributed by atoms with van der Waals surface area (Å²) in [6, 6.07) is 17.1. The van der Waals surface area contributed by atoms with E-state index in [2.05, 4.69) is 21.2 Å². The molecule has 196 valence electrons. The number of halogens is 1. The second-order valence-electron chi connectivity index (χ2n) is 8.42. The zero-order chi connectivity index (χ0) is 27.2. The van der Waals surface area contributed by atoms with Crippen LogP contribution in [-0.2, 0) is 16.2 Å². The van der Waals surface area contributed by atoms with E-state index < -0.39 is 17.8 Å². The first-order chi connectivity index (χ1) is 18.3. The van der Waals surface area contributed by atoms with Gasteiger partial charge in [-0.05, 0) is 90.3 Å². The van der Waals surface area contributed by atoms with Gasteiger partial charge >= 0.3 is 6.03 Å². The number of ether oxygens (including phenoxy) is 3. The van der Waals surface area contributed by atoms with Gasteiger partial charge in [-0.15, -0.1) is 0 Å². The molecule has 1 aliphatic rings. The van der Waals surface area contributed by atoms with Gasteiger partial charge in [0.25, 0.3) is 11.8 Å². The molecule has 0 saturated carbocycles. The summed E-state index contributed by atoms with van der Waals surface area (Å²) in [6.07, 6.45) is 1.42.